The summed E-state index contributed by atoms with van der Waals surface area (Å²) in [6, 6.07) is 3.66. The van der Waals surface area contributed by atoms with Crippen molar-refractivity contribution in [3.63, 3.8) is 0 Å². The van der Waals surface area contributed by atoms with Crippen LogP contribution in [0.4, 0.5) is 10.8 Å². The normalized spacial score (nSPS) is 10.1. The zero-order valence-corrected chi connectivity index (χ0v) is 10.2. The summed E-state index contributed by atoms with van der Waals surface area (Å²) in [6.07, 6.45) is 3.51. The summed E-state index contributed by atoms with van der Waals surface area (Å²) in [5.74, 6) is 0. The minimum Gasteiger partial charge on any atom is -0.388 e. The van der Waals surface area contributed by atoms with E-state index in [9.17, 15) is 0 Å². The monoisotopic (exact) mass is 250 g/mol. The first-order valence-corrected chi connectivity index (χ1v) is 5.83. The van der Waals surface area contributed by atoms with Crippen LogP contribution in [0.2, 0.25) is 0 Å². The van der Waals surface area contributed by atoms with Crippen molar-refractivity contribution in [3.8, 4) is 0 Å². The molecule has 0 amide bonds. The van der Waals surface area contributed by atoms with Gasteiger partial charge in [-0.25, -0.2) is 4.98 Å². The summed E-state index contributed by atoms with van der Waals surface area (Å²) in [6.45, 7) is 2.01. The molecule has 2 aromatic heterocycles. The lowest BCUT2D eigenvalue weighted by molar-refractivity contribution is 1.28. The van der Waals surface area contributed by atoms with Gasteiger partial charge in [-0.2, -0.15) is 0 Å². The predicted octanol–water partition coefficient (Wildman–Crippen LogP) is 2.22. The van der Waals surface area contributed by atoms with Crippen LogP contribution < -0.4 is 11.1 Å². The van der Waals surface area contributed by atoms with Crippen LogP contribution in [-0.4, -0.2) is 15.0 Å². The molecule has 0 aliphatic heterocycles. The summed E-state index contributed by atoms with van der Waals surface area (Å²) in [5.41, 5.74) is 6.95. The summed E-state index contributed by atoms with van der Waals surface area (Å²) in [4.78, 5) is 9.79. The maximum absolute atomic E-state index is 5.46. The fourth-order valence-corrected chi connectivity index (χ4v) is 1.95. The van der Waals surface area contributed by atoms with Crippen LogP contribution in [0.25, 0.3) is 0 Å². The average molecular weight is 250 g/mol. The zero-order valence-electron chi connectivity index (χ0n) is 8.60. The fourth-order valence-electron chi connectivity index (χ4n) is 1.15. The number of hydrogen-bond acceptors (Lipinski definition) is 5. The number of aryl methyl sites for hydroxylation is 1. The minimum atomic E-state index is 0.302. The van der Waals surface area contributed by atoms with Crippen LogP contribution in [-0.2, 0) is 0 Å². The summed E-state index contributed by atoms with van der Waals surface area (Å²) < 4.78 is 0. The molecule has 0 spiro atoms. The van der Waals surface area contributed by atoms with E-state index in [1.165, 1.54) is 0 Å². The van der Waals surface area contributed by atoms with E-state index in [0.29, 0.717) is 10.7 Å². The Kier molecular flexibility index (Phi) is 3.12. The molecule has 0 aliphatic carbocycles. The second kappa shape index (κ2) is 4.54. The maximum Gasteiger partial charge on any atom is 0.187 e. The number of hydrogen-bond donors (Lipinski definition) is 2. The Bertz CT molecular complexity index is 504. The molecular formula is C10H10N4S2. The van der Waals surface area contributed by atoms with Crippen molar-refractivity contribution >= 4 is 39.4 Å². The number of nitrogens with two attached hydrogens (primary N) is 1. The van der Waals surface area contributed by atoms with Gasteiger partial charge >= 0.3 is 0 Å². The highest BCUT2D eigenvalue weighted by atomic mass is 32.1. The number of thiazole rings is 1. The molecule has 2 heterocycles. The van der Waals surface area contributed by atoms with Crippen molar-refractivity contribution in [1.29, 1.82) is 0 Å². The Morgan fingerprint density at radius 2 is 2.19 bits per heavy atom. The third-order valence-electron chi connectivity index (χ3n) is 1.89. The van der Waals surface area contributed by atoms with Gasteiger partial charge in [-0.1, -0.05) is 12.2 Å². The van der Waals surface area contributed by atoms with E-state index < -0.39 is 0 Å². The summed E-state index contributed by atoms with van der Waals surface area (Å²) in [7, 11) is 0. The molecule has 6 heteroatoms. The van der Waals surface area contributed by atoms with Crippen LogP contribution in [0.1, 0.15) is 10.6 Å². The van der Waals surface area contributed by atoms with Crippen molar-refractivity contribution in [1.82, 2.24) is 9.97 Å². The predicted molar refractivity (Wildman–Crippen MR) is 70.3 cm³/mol. The van der Waals surface area contributed by atoms with E-state index >= 15 is 0 Å². The second-order valence-electron chi connectivity index (χ2n) is 3.20. The molecule has 2 rings (SSSR count). The molecule has 0 aromatic carbocycles. The van der Waals surface area contributed by atoms with E-state index in [1.54, 1.807) is 23.6 Å². The van der Waals surface area contributed by atoms with E-state index in [-0.39, 0.29) is 0 Å². The molecule has 0 atom stereocenters. The lowest BCUT2D eigenvalue weighted by atomic mass is 10.3. The van der Waals surface area contributed by atoms with Gasteiger partial charge in [0.25, 0.3) is 0 Å². The van der Waals surface area contributed by atoms with E-state index in [0.717, 1.165) is 15.7 Å². The van der Waals surface area contributed by atoms with Crippen molar-refractivity contribution in [3.05, 3.63) is 35.1 Å². The first-order chi connectivity index (χ1) is 7.65. The number of aromatic nitrogens is 2. The van der Waals surface area contributed by atoms with Gasteiger partial charge in [0, 0.05) is 11.1 Å². The third-order valence-corrected chi connectivity index (χ3v) is 2.93. The van der Waals surface area contributed by atoms with Crippen molar-refractivity contribution in [2.45, 2.75) is 6.92 Å². The molecular weight excluding hydrogens is 240 g/mol. The standard InChI is InChI=1S/C10H10N4S2/c1-6-4-13-10(16-6)14-7-2-3-8(9(11)15)12-5-7/h2-5H,1H3,(H2,11,15)(H,13,14). The van der Waals surface area contributed by atoms with Crippen molar-refractivity contribution in [2.24, 2.45) is 5.73 Å². The fraction of sp³-hybridized carbons (Fsp3) is 0.100. The highest BCUT2D eigenvalue weighted by Crippen LogP contribution is 2.21. The van der Waals surface area contributed by atoms with Gasteiger partial charge in [0.15, 0.2) is 5.13 Å². The molecule has 0 unspecified atom stereocenters. The number of thiocarbonyl (C=S) groups is 1. The van der Waals surface area contributed by atoms with Gasteiger partial charge in [0.05, 0.1) is 17.6 Å². The number of anilines is 2. The van der Waals surface area contributed by atoms with E-state index in [2.05, 4.69) is 15.3 Å². The summed E-state index contributed by atoms with van der Waals surface area (Å²) >= 11 is 6.42. The highest BCUT2D eigenvalue weighted by Gasteiger charge is 2.01. The van der Waals surface area contributed by atoms with Gasteiger partial charge in [-0.3, -0.25) is 4.98 Å². The van der Waals surface area contributed by atoms with Crippen LogP contribution >= 0.6 is 23.6 Å². The largest absolute Gasteiger partial charge is 0.388 e. The Morgan fingerprint density at radius 1 is 1.38 bits per heavy atom. The average Bonchev–Trinajstić information content (AvgIpc) is 2.65. The topological polar surface area (TPSA) is 63.8 Å². The lowest BCUT2D eigenvalue weighted by Crippen LogP contribution is -2.11. The molecule has 16 heavy (non-hydrogen) atoms. The van der Waals surface area contributed by atoms with Crippen LogP contribution in [0.15, 0.2) is 24.5 Å². The first-order valence-electron chi connectivity index (χ1n) is 4.60. The quantitative estimate of drug-likeness (QED) is 0.818. The Labute approximate surface area is 103 Å². The van der Waals surface area contributed by atoms with Crippen LogP contribution in [0, 0.1) is 6.92 Å². The second-order valence-corrected chi connectivity index (χ2v) is 4.87. The number of nitrogens with one attached hydrogen (secondary N) is 1. The molecule has 0 aliphatic rings. The number of rotatable bonds is 3. The Hall–Kier alpha value is -1.53. The third kappa shape index (κ3) is 2.53. The zero-order chi connectivity index (χ0) is 11.5. The maximum atomic E-state index is 5.46. The van der Waals surface area contributed by atoms with Gasteiger partial charge in [-0.05, 0) is 19.1 Å². The molecule has 0 saturated carbocycles. The van der Waals surface area contributed by atoms with Crippen molar-refractivity contribution in [2.75, 3.05) is 5.32 Å². The Morgan fingerprint density at radius 3 is 2.69 bits per heavy atom. The number of pyridine rings is 1. The van der Waals surface area contributed by atoms with Gasteiger partial charge in [0.2, 0.25) is 0 Å². The SMILES string of the molecule is Cc1cnc(Nc2ccc(C(N)=S)nc2)s1. The van der Waals surface area contributed by atoms with Gasteiger partial charge in [-0.15, -0.1) is 11.3 Å². The molecule has 82 valence electrons. The highest BCUT2D eigenvalue weighted by molar-refractivity contribution is 7.80. The van der Waals surface area contributed by atoms with Crippen molar-refractivity contribution < 1.29 is 0 Å². The molecule has 0 fully saturated rings. The van der Waals surface area contributed by atoms with Gasteiger partial charge in [0.1, 0.15) is 4.99 Å². The minimum absolute atomic E-state index is 0.302. The van der Waals surface area contributed by atoms with E-state index in [4.69, 9.17) is 18.0 Å². The van der Waals surface area contributed by atoms with Gasteiger partial charge < -0.3 is 11.1 Å². The summed E-state index contributed by atoms with van der Waals surface area (Å²) in [5, 5.41) is 4.00. The smallest absolute Gasteiger partial charge is 0.187 e. The Balaban J connectivity index is 2.14. The molecule has 0 saturated heterocycles. The van der Waals surface area contributed by atoms with E-state index in [1.807, 2.05) is 19.2 Å². The molecule has 0 radical (unpaired) electrons. The molecule has 2 aromatic rings. The number of nitrogens with zero attached hydrogens (tertiary/aromatic N) is 2. The molecule has 0 bridgehead atoms. The lowest BCUT2D eigenvalue weighted by Gasteiger charge is -2.02. The molecule has 3 N–H and O–H groups in total. The van der Waals surface area contributed by atoms with Crippen LogP contribution in [0.5, 0.6) is 0 Å². The molecule has 4 nitrogen and oxygen atoms in total. The van der Waals surface area contributed by atoms with Crippen LogP contribution in [0.3, 0.4) is 0 Å². The first kappa shape index (κ1) is 11.0.